The second kappa shape index (κ2) is 7.09. The van der Waals surface area contributed by atoms with Gasteiger partial charge in [-0.25, -0.2) is 0 Å². The highest BCUT2D eigenvalue weighted by molar-refractivity contribution is 9.10. The number of rotatable bonds is 7. The first-order valence-electron chi connectivity index (χ1n) is 6.93. The molecule has 1 aromatic carbocycles. The molecule has 20 heavy (non-hydrogen) atoms. The van der Waals surface area contributed by atoms with Gasteiger partial charge in [-0.3, -0.25) is 4.79 Å². The molecule has 5 heteroatoms. The van der Waals surface area contributed by atoms with Crippen molar-refractivity contribution in [1.82, 2.24) is 10.6 Å². The summed E-state index contributed by atoms with van der Waals surface area (Å²) in [6, 6.07) is 5.81. The predicted molar refractivity (Wildman–Crippen MR) is 82.8 cm³/mol. The number of hydrogen-bond donors (Lipinski definition) is 2. The van der Waals surface area contributed by atoms with Gasteiger partial charge in [0, 0.05) is 0 Å². The lowest BCUT2D eigenvalue weighted by Gasteiger charge is -2.16. The molecule has 0 heterocycles. The van der Waals surface area contributed by atoms with Gasteiger partial charge in [-0.15, -0.1) is 0 Å². The maximum absolute atomic E-state index is 11.8. The Morgan fingerprint density at radius 1 is 1.50 bits per heavy atom. The zero-order valence-corrected chi connectivity index (χ0v) is 13.5. The normalized spacial score (nSPS) is 15.8. The SMILES string of the molecule is COc1ccc(C(C)NC(=O)CNCC2CC2)cc1Br. The average Bonchev–Trinajstić information content (AvgIpc) is 3.22. The van der Waals surface area contributed by atoms with Crippen molar-refractivity contribution in [2.75, 3.05) is 20.2 Å². The van der Waals surface area contributed by atoms with E-state index in [2.05, 4.69) is 26.6 Å². The number of carbonyl (C=O) groups excluding carboxylic acids is 1. The quantitative estimate of drug-likeness (QED) is 0.802. The lowest BCUT2D eigenvalue weighted by atomic mass is 10.1. The molecule has 0 saturated heterocycles. The van der Waals surface area contributed by atoms with Gasteiger partial charge < -0.3 is 15.4 Å². The first-order valence-corrected chi connectivity index (χ1v) is 7.73. The Kier molecular flexibility index (Phi) is 5.43. The number of benzene rings is 1. The second-order valence-corrected chi connectivity index (χ2v) is 6.11. The molecule has 1 aliphatic rings. The molecule has 0 aromatic heterocycles. The lowest BCUT2D eigenvalue weighted by molar-refractivity contribution is -0.120. The molecule has 110 valence electrons. The van der Waals surface area contributed by atoms with Gasteiger partial charge >= 0.3 is 0 Å². The molecular formula is C15H21BrN2O2. The summed E-state index contributed by atoms with van der Waals surface area (Å²) >= 11 is 3.46. The van der Waals surface area contributed by atoms with Crippen LogP contribution in [0.3, 0.4) is 0 Å². The topological polar surface area (TPSA) is 50.4 Å². The van der Waals surface area contributed by atoms with Crippen molar-refractivity contribution >= 4 is 21.8 Å². The summed E-state index contributed by atoms with van der Waals surface area (Å²) in [6.07, 6.45) is 2.59. The van der Waals surface area contributed by atoms with Gasteiger partial charge in [0.1, 0.15) is 5.75 Å². The third-order valence-electron chi connectivity index (χ3n) is 3.47. The minimum atomic E-state index is -0.0209. The van der Waals surface area contributed by atoms with E-state index in [1.54, 1.807) is 7.11 Å². The zero-order chi connectivity index (χ0) is 14.5. The van der Waals surface area contributed by atoms with Crippen LogP contribution in [0.4, 0.5) is 0 Å². The fraction of sp³-hybridized carbons (Fsp3) is 0.533. The van der Waals surface area contributed by atoms with Gasteiger partial charge in [0.2, 0.25) is 5.91 Å². The molecular weight excluding hydrogens is 320 g/mol. The molecule has 1 saturated carbocycles. The fourth-order valence-corrected chi connectivity index (χ4v) is 2.60. The second-order valence-electron chi connectivity index (χ2n) is 5.26. The summed E-state index contributed by atoms with van der Waals surface area (Å²) < 4.78 is 6.09. The zero-order valence-electron chi connectivity index (χ0n) is 11.9. The number of amides is 1. The third-order valence-corrected chi connectivity index (χ3v) is 4.09. The number of halogens is 1. The molecule has 4 nitrogen and oxygen atoms in total. The molecule has 1 aliphatic carbocycles. The van der Waals surface area contributed by atoms with Crippen molar-refractivity contribution in [3.63, 3.8) is 0 Å². The molecule has 1 fully saturated rings. The highest BCUT2D eigenvalue weighted by atomic mass is 79.9. The van der Waals surface area contributed by atoms with Crippen LogP contribution in [-0.2, 0) is 4.79 Å². The number of methoxy groups -OCH3 is 1. The maximum atomic E-state index is 11.8. The third kappa shape index (κ3) is 4.49. The molecule has 1 aromatic rings. The smallest absolute Gasteiger partial charge is 0.234 e. The number of ether oxygens (including phenoxy) is 1. The van der Waals surface area contributed by atoms with Gasteiger partial charge in [0.05, 0.1) is 24.2 Å². The Bertz CT molecular complexity index is 475. The van der Waals surface area contributed by atoms with E-state index in [9.17, 15) is 4.79 Å². The van der Waals surface area contributed by atoms with Gasteiger partial charge in [0.15, 0.2) is 0 Å². The van der Waals surface area contributed by atoms with Gasteiger partial charge in [0.25, 0.3) is 0 Å². The largest absolute Gasteiger partial charge is 0.496 e. The Morgan fingerprint density at radius 3 is 2.85 bits per heavy atom. The molecule has 1 unspecified atom stereocenters. The van der Waals surface area contributed by atoms with E-state index in [4.69, 9.17) is 4.74 Å². The minimum absolute atomic E-state index is 0.0209. The summed E-state index contributed by atoms with van der Waals surface area (Å²) in [5, 5.41) is 6.18. The van der Waals surface area contributed by atoms with Crippen LogP contribution in [0, 0.1) is 5.92 Å². The van der Waals surface area contributed by atoms with Crippen LogP contribution in [0.15, 0.2) is 22.7 Å². The van der Waals surface area contributed by atoms with E-state index in [1.165, 1.54) is 12.8 Å². The summed E-state index contributed by atoms with van der Waals surface area (Å²) in [6.45, 7) is 3.32. The standard InChI is InChI=1S/C15H21BrN2O2/c1-10(12-5-6-14(20-2)13(16)7-12)18-15(19)9-17-8-11-3-4-11/h5-7,10-11,17H,3-4,8-9H2,1-2H3,(H,18,19). The molecule has 0 radical (unpaired) electrons. The summed E-state index contributed by atoms with van der Waals surface area (Å²) in [5.41, 5.74) is 1.05. The van der Waals surface area contributed by atoms with Crippen LogP contribution in [0.1, 0.15) is 31.4 Å². The summed E-state index contributed by atoms with van der Waals surface area (Å²) in [7, 11) is 1.64. The Morgan fingerprint density at radius 2 is 2.25 bits per heavy atom. The van der Waals surface area contributed by atoms with Crippen molar-refractivity contribution in [1.29, 1.82) is 0 Å². The van der Waals surface area contributed by atoms with E-state index in [1.807, 2.05) is 25.1 Å². The predicted octanol–water partition coefficient (Wildman–Crippen LogP) is 2.63. The van der Waals surface area contributed by atoms with E-state index in [-0.39, 0.29) is 11.9 Å². The monoisotopic (exact) mass is 340 g/mol. The number of carbonyl (C=O) groups is 1. The summed E-state index contributed by atoms with van der Waals surface area (Å²) in [4.78, 5) is 11.8. The van der Waals surface area contributed by atoms with Crippen LogP contribution in [0.5, 0.6) is 5.75 Å². The first kappa shape index (κ1) is 15.3. The summed E-state index contributed by atoms with van der Waals surface area (Å²) in [5.74, 6) is 1.61. The minimum Gasteiger partial charge on any atom is -0.496 e. The van der Waals surface area contributed by atoms with Crippen LogP contribution in [0.2, 0.25) is 0 Å². The van der Waals surface area contributed by atoms with Gasteiger partial charge in [-0.2, -0.15) is 0 Å². The van der Waals surface area contributed by atoms with E-state index >= 15 is 0 Å². The maximum Gasteiger partial charge on any atom is 0.234 e. The fourth-order valence-electron chi connectivity index (χ4n) is 2.04. The highest BCUT2D eigenvalue weighted by Crippen LogP contribution is 2.28. The van der Waals surface area contributed by atoms with Crippen LogP contribution >= 0.6 is 15.9 Å². The Labute approximate surface area is 128 Å². The van der Waals surface area contributed by atoms with Crippen molar-refractivity contribution in [2.45, 2.75) is 25.8 Å². The molecule has 2 rings (SSSR count). The van der Waals surface area contributed by atoms with Crippen molar-refractivity contribution in [3.05, 3.63) is 28.2 Å². The highest BCUT2D eigenvalue weighted by Gasteiger charge is 2.20. The van der Waals surface area contributed by atoms with Gasteiger partial charge in [-0.05, 0) is 65.9 Å². The van der Waals surface area contributed by atoms with Gasteiger partial charge in [-0.1, -0.05) is 6.07 Å². The van der Waals surface area contributed by atoms with Crippen molar-refractivity contribution < 1.29 is 9.53 Å². The molecule has 1 atom stereocenters. The van der Waals surface area contributed by atoms with E-state index in [0.717, 1.165) is 28.2 Å². The Balaban J connectivity index is 1.81. The molecule has 0 bridgehead atoms. The Hall–Kier alpha value is -1.07. The molecule has 0 aliphatic heterocycles. The lowest BCUT2D eigenvalue weighted by Crippen LogP contribution is -2.36. The molecule has 2 N–H and O–H groups in total. The van der Waals surface area contributed by atoms with Crippen molar-refractivity contribution in [3.8, 4) is 5.75 Å². The van der Waals surface area contributed by atoms with Crippen LogP contribution in [-0.4, -0.2) is 26.1 Å². The van der Waals surface area contributed by atoms with E-state index in [0.29, 0.717) is 6.54 Å². The first-order chi connectivity index (χ1) is 9.60. The molecule has 0 spiro atoms. The van der Waals surface area contributed by atoms with Crippen molar-refractivity contribution in [2.24, 2.45) is 5.92 Å². The number of hydrogen-bond acceptors (Lipinski definition) is 3. The van der Waals surface area contributed by atoms with Crippen LogP contribution in [0.25, 0.3) is 0 Å². The van der Waals surface area contributed by atoms with E-state index < -0.39 is 0 Å². The average molecular weight is 341 g/mol. The van der Waals surface area contributed by atoms with Crippen LogP contribution < -0.4 is 15.4 Å². The number of nitrogens with one attached hydrogen (secondary N) is 2. The molecule has 1 amide bonds.